The average Bonchev–Trinajstić information content (AvgIpc) is 2.19. The highest BCUT2D eigenvalue weighted by Gasteiger charge is 2.05. The van der Waals surface area contributed by atoms with Crippen molar-refractivity contribution in [2.24, 2.45) is 5.14 Å². The molecule has 1 aromatic rings. The SMILES string of the molecule is C#CCC(=O)Nc1ccc(CS(N)(=O)=O)cc1. The lowest BCUT2D eigenvalue weighted by Crippen LogP contribution is -2.14. The lowest BCUT2D eigenvalue weighted by molar-refractivity contribution is -0.115. The minimum atomic E-state index is -3.54. The smallest absolute Gasteiger partial charge is 0.236 e. The number of nitrogens with two attached hydrogens (primary N) is 1. The van der Waals surface area contributed by atoms with E-state index >= 15 is 0 Å². The van der Waals surface area contributed by atoms with E-state index in [4.69, 9.17) is 11.6 Å². The third-order valence-electron chi connectivity index (χ3n) is 1.87. The van der Waals surface area contributed by atoms with Crippen molar-refractivity contribution < 1.29 is 13.2 Å². The number of primary sulfonamides is 1. The zero-order valence-electron chi connectivity index (χ0n) is 9.01. The van der Waals surface area contributed by atoms with Crippen molar-refractivity contribution in [1.82, 2.24) is 0 Å². The Labute approximate surface area is 100 Å². The first-order valence-electron chi connectivity index (χ1n) is 4.73. The van der Waals surface area contributed by atoms with Crippen molar-refractivity contribution in [2.75, 3.05) is 5.32 Å². The van der Waals surface area contributed by atoms with E-state index in [0.29, 0.717) is 11.3 Å². The number of carbonyl (C=O) groups excluding carboxylic acids is 1. The maximum atomic E-state index is 11.2. The van der Waals surface area contributed by atoms with E-state index in [1.807, 2.05) is 0 Å². The second-order valence-electron chi connectivity index (χ2n) is 3.43. The fourth-order valence-electron chi connectivity index (χ4n) is 1.21. The van der Waals surface area contributed by atoms with Gasteiger partial charge in [-0.1, -0.05) is 18.1 Å². The van der Waals surface area contributed by atoms with Crippen LogP contribution in [-0.4, -0.2) is 14.3 Å². The standard InChI is InChI=1S/C11H12N2O3S/c1-2-3-11(14)13-10-6-4-9(5-7-10)8-17(12,15)16/h1,4-7H,3,8H2,(H,13,14)(H2,12,15,16). The molecule has 5 nitrogen and oxygen atoms in total. The number of terminal acetylenes is 1. The third-order valence-corrected chi connectivity index (χ3v) is 2.60. The Morgan fingerprint density at radius 3 is 2.41 bits per heavy atom. The highest BCUT2D eigenvalue weighted by atomic mass is 32.2. The van der Waals surface area contributed by atoms with Gasteiger partial charge in [0, 0.05) is 5.69 Å². The summed E-state index contributed by atoms with van der Waals surface area (Å²) in [5.41, 5.74) is 1.12. The van der Waals surface area contributed by atoms with E-state index in [1.165, 1.54) is 0 Å². The summed E-state index contributed by atoms with van der Waals surface area (Å²) in [4.78, 5) is 11.2. The van der Waals surface area contributed by atoms with Crippen molar-refractivity contribution in [3.8, 4) is 12.3 Å². The Balaban J connectivity index is 2.69. The zero-order valence-corrected chi connectivity index (χ0v) is 9.83. The molecule has 0 fully saturated rings. The summed E-state index contributed by atoms with van der Waals surface area (Å²) in [6.45, 7) is 0. The molecule has 1 aromatic carbocycles. The average molecular weight is 252 g/mol. The maximum Gasteiger partial charge on any atom is 0.236 e. The van der Waals surface area contributed by atoms with E-state index in [2.05, 4.69) is 11.2 Å². The van der Waals surface area contributed by atoms with Gasteiger partial charge in [-0.05, 0) is 17.7 Å². The molecule has 1 rings (SSSR count). The number of hydrogen-bond donors (Lipinski definition) is 2. The molecule has 1 amide bonds. The highest BCUT2D eigenvalue weighted by Crippen LogP contribution is 2.11. The van der Waals surface area contributed by atoms with Crippen LogP contribution < -0.4 is 10.5 Å². The van der Waals surface area contributed by atoms with Crippen LogP contribution in [0.2, 0.25) is 0 Å². The van der Waals surface area contributed by atoms with Gasteiger partial charge >= 0.3 is 0 Å². The monoisotopic (exact) mass is 252 g/mol. The Bertz CT molecular complexity index is 541. The number of rotatable bonds is 4. The molecule has 0 aromatic heterocycles. The molecule has 0 saturated carbocycles. The van der Waals surface area contributed by atoms with Crippen LogP contribution in [-0.2, 0) is 20.6 Å². The Hall–Kier alpha value is -1.84. The molecule has 6 heteroatoms. The van der Waals surface area contributed by atoms with Crippen LogP contribution >= 0.6 is 0 Å². The van der Waals surface area contributed by atoms with Crippen molar-refractivity contribution in [3.63, 3.8) is 0 Å². The van der Waals surface area contributed by atoms with Crippen LogP contribution in [0.5, 0.6) is 0 Å². The van der Waals surface area contributed by atoms with E-state index in [0.717, 1.165) is 0 Å². The van der Waals surface area contributed by atoms with Gasteiger partial charge in [0.15, 0.2) is 0 Å². The normalized spacial score (nSPS) is 10.6. The molecule has 17 heavy (non-hydrogen) atoms. The molecule has 0 radical (unpaired) electrons. The van der Waals surface area contributed by atoms with Crippen LogP contribution in [0.25, 0.3) is 0 Å². The van der Waals surface area contributed by atoms with Gasteiger partial charge in [-0.2, -0.15) is 0 Å². The van der Waals surface area contributed by atoms with Crippen LogP contribution in [0.1, 0.15) is 12.0 Å². The van der Waals surface area contributed by atoms with Crippen LogP contribution in [0.4, 0.5) is 5.69 Å². The second kappa shape index (κ2) is 5.48. The van der Waals surface area contributed by atoms with Gasteiger partial charge in [0.2, 0.25) is 15.9 Å². The van der Waals surface area contributed by atoms with Gasteiger partial charge in [-0.25, -0.2) is 13.6 Å². The van der Waals surface area contributed by atoms with Gasteiger partial charge in [-0.3, -0.25) is 4.79 Å². The van der Waals surface area contributed by atoms with Gasteiger partial charge in [-0.15, -0.1) is 6.42 Å². The molecule has 0 aliphatic heterocycles. The third kappa shape index (κ3) is 5.15. The number of nitrogens with one attached hydrogen (secondary N) is 1. The first-order chi connectivity index (χ1) is 7.90. The van der Waals surface area contributed by atoms with Gasteiger partial charge in [0.05, 0.1) is 12.2 Å². The first kappa shape index (κ1) is 13.2. The summed E-state index contributed by atoms with van der Waals surface area (Å²) < 4.78 is 21.7. The number of anilines is 1. The summed E-state index contributed by atoms with van der Waals surface area (Å²) in [5, 5.41) is 7.48. The topological polar surface area (TPSA) is 89.3 Å². The molecule has 0 aliphatic carbocycles. The molecular weight excluding hydrogens is 240 g/mol. The second-order valence-corrected chi connectivity index (χ2v) is 5.05. The summed E-state index contributed by atoms with van der Waals surface area (Å²) >= 11 is 0. The number of carbonyl (C=O) groups is 1. The molecule has 0 saturated heterocycles. The zero-order chi connectivity index (χ0) is 12.9. The number of benzene rings is 1. The predicted octanol–water partition coefficient (Wildman–Crippen LogP) is 0.437. The molecule has 0 heterocycles. The van der Waals surface area contributed by atoms with Gasteiger partial charge < -0.3 is 5.32 Å². The maximum absolute atomic E-state index is 11.2. The summed E-state index contributed by atoms with van der Waals surface area (Å²) in [6, 6.07) is 6.34. The van der Waals surface area contributed by atoms with Crippen LogP contribution in [0, 0.1) is 12.3 Å². The van der Waals surface area contributed by atoms with Gasteiger partial charge in [0.1, 0.15) is 0 Å². The minimum Gasteiger partial charge on any atom is -0.325 e. The van der Waals surface area contributed by atoms with Gasteiger partial charge in [0.25, 0.3) is 0 Å². The predicted molar refractivity (Wildman–Crippen MR) is 65.3 cm³/mol. The summed E-state index contributed by atoms with van der Waals surface area (Å²) in [7, 11) is -3.54. The van der Waals surface area contributed by atoms with E-state index in [-0.39, 0.29) is 18.1 Å². The number of sulfonamides is 1. The van der Waals surface area contributed by atoms with E-state index in [1.54, 1.807) is 24.3 Å². The lowest BCUT2D eigenvalue weighted by Gasteiger charge is -2.04. The Morgan fingerprint density at radius 1 is 1.35 bits per heavy atom. The van der Waals surface area contributed by atoms with Crippen LogP contribution in [0.15, 0.2) is 24.3 Å². The van der Waals surface area contributed by atoms with Crippen molar-refractivity contribution in [1.29, 1.82) is 0 Å². The minimum absolute atomic E-state index is 0.00106. The molecule has 0 spiro atoms. The summed E-state index contributed by atoms with van der Waals surface area (Å²) in [6.07, 6.45) is 4.98. The van der Waals surface area contributed by atoms with Crippen molar-refractivity contribution >= 4 is 21.6 Å². The molecule has 90 valence electrons. The lowest BCUT2D eigenvalue weighted by atomic mass is 10.2. The highest BCUT2D eigenvalue weighted by molar-refractivity contribution is 7.88. The van der Waals surface area contributed by atoms with Crippen molar-refractivity contribution in [3.05, 3.63) is 29.8 Å². The molecule has 0 aliphatic rings. The molecule has 3 N–H and O–H groups in total. The quantitative estimate of drug-likeness (QED) is 0.762. The van der Waals surface area contributed by atoms with E-state index < -0.39 is 10.0 Å². The fourth-order valence-corrected chi connectivity index (χ4v) is 1.87. The molecule has 0 bridgehead atoms. The Morgan fingerprint density at radius 2 is 1.94 bits per heavy atom. The Kier molecular flexibility index (Phi) is 4.26. The van der Waals surface area contributed by atoms with E-state index in [9.17, 15) is 13.2 Å². The largest absolute Gasteiger partial charge is 0.325 e. The van der Waals surface area contributed by atoms with Crippen LogP contribution in [0.3, 0.4) is 0 Å². The number of amides is 1. The number of hydrogen-bond acceptors (Lipinski definition) is 3. The molecular formula is C11H12N2O3S. The molecule has 0 atom stereocenters. The van der Waals surface area contributed by atoms with Crippen molar-refractivity contribution in [2.45, 2.75) is 12.2 Å². The summed E-state index contributed by atoms with van der Waals surface area (Å²) in [5.74, 6) is 1.71. The fraction of sp³-hybridized carbons (Fsp3) is 0.182. The molecule has 0 unspecified atom stereocenters. The first-order valence-corrected chi connectivity index (χ1v) is 6.45.